The summed E-state index contributed by atoms with van der Waals surface area (Å²) in [5.41, 5.74) is 8.79. The highest BCUT2D eigenvalue weighted by atomic mass is 32.2. The normalized spacial score (nSPS) is 12.1. The smallest absolute Gasteiger partial charge is 0.241 e. The second-order valence-electron chi connectivity index (χ2n) is 5.79. The number of anilines is 1. The Morgan fingerprint density at radius 2 is 1.76 bits per heavy atom. The molecular formula is C15H27N3O2S. The highest BCUT2D eigenvalue weighted by molar-refractivity contribution is 7.89. The lowest BCUT2D eigenvalue weighted by molar-refractivity contribution is 0.394. The first-order valence-corrected chi connectivity index (χ1v) is 8.65. The van der Waals surface area contributed by atoms with Gasteiger partial charge in [0.05, 0.1) is 4.90 Å². The summed E-state index contributed by atoms with van der Waals surface area (Å²) in [6, 6.07) is 1.82. The molecular weight excluding hydrogens is 286 g/mol. The van der Waals surface area contributed by atoms with Crippen molar-refractivity contribution in [2.24, 2.45) is 0 Å². The van der Waals surface area contributed by atoms with Gasteiger partial charge in [-0.05, 0) is 70.9 Å². The van der Waals surface area contributed by atoms with Crippen LogP contribution in [-0.4, -0.2) is 40.5 Å². The van der Waals surface area contributed by atoms with E-state index < -0.39 is 10.0 Å². The lowest BCUT2D eigenvalue weighted by Crippen LogP contribution is -2.27. The first-order chi connectivity index (χ1) is 9.66. The number of nitrogens with two attached hydrogens (primary N) is 1. The summed E-state index contributed by atoms with van der Waals surface area (Å²) in [6.45, 7) is 6.86. The maximum Gasteiger partial charge on any atom is 0.241 e. The Labute approximate surface area is 128 Å². The fourth-order valence-electron chi connectivity index (χ4n) is 2.43. The van der Waals surface area contributed by atoms with Crippen molar-refractivity contribution < 1.29 is 8.42 Å². The molecule has 0 atom stereocenters. The van der Waals surface area contributed by atoms with Gasteiger partial charge in [-0.1, -0.05) is 6.07 Å². The number of benzene rings is 1. The van der Waals surface area contributed by atoms with Gasteiger partial charge in [-0.15, -0.1) is 0 Å². The molecule has 0 unspecified atom stereocenters. The van der Waals surface area contributed by atoms with Crippen molar-refractivity contribution in [3.63, 3.8) is 0 Å². The minimum Gasteiger partial charge on any atom is -0.398 e. The number of rotatable bonds is 7. The summed E-state index contributed by atoms with van der Waals surface area (Å²) in [6.07, 6.45) is 1.78. The van der Waals surface area contributed by atoms with Gasteiger partial charge in [0.25, 0.3) is 0 Å². The van der Waals surface area contributed by atoms with Crippen LogP contribution in [-0.2, 0) is 10.0 Å². The Balaban J connectivity index is 2.82. The molecule has 0 bridgehead atoms. The van der Waals surface area contributed by atoms with E-state index in [-0.39, 0.29) is 0 Å². The Kier molecular flexibility index (Phi) is 6.19. The van der Waals surface area contributed by atoms with Crippen molar-refractivity contribution in [3.8, 4) is 0 Å². The van der Waals surface area contributed by atoms with Gasteiger partial charge in [0.2, 0.25) is 10.0 Å². The van der Waals surface area contributed by atoms with Crippen molar-refractivity contribution in [2.45, 2.75) is 38.5 Å². The number of hydrogen-bond donors (Lipinski definition) is 2. The van der Waals surface area contributed by atoms with E-state index in [4.69, 9.17) is 5.73 Å². The van der Waals surface area contributed by atoms with E-state index >= 15 is 0 Å². The molecule has 0 aliphatic rings. The first-order valence-electron chi connectivity index (χ1n) is 7.17. The largest absolute Gasteiger partial charge is 0.398 e. The molecule has 0 amide bonds. The number of sulfonamides is 1. The van der Waals surface area contributed by atoms with Crippen LogP contribution in [0.4, 0.5) is 5.69 Å². The van der Waals surface area contributed by atoms with Crippen LogP contribution < -0.4 is 10.5 Å². The number of nitrogens with one attached hydrogen (secondary N) is 1. The van der Waals surface area contributed by atoms with E-state index in [1.165, 1.54) is 0 Å². The van der Waals surface area contributed by atoms with E-state index in [0.717, 1.165) is 30.5 Å². The molecule has 1 aromatic carbocycles. The molecule has 0 aliphatic carbocycles. The fraction of sp³-hybridized carbons (Fsp3) is 0.600. The van der Waals surface area contributed by atoms with Gasteiger partial charge in [-0.25, -0.2) is 13.1 Å². The molecule has 0 heterocycles. The number of aryl methyl sites for hydroxylation is 2. The summed E-state index contributed by atoms with van der Waals surface area (Å²) < 4.78 is 27.6. The SMILES string of the molecule is Cc1cc(C)c(S(=O)(=O)NCCCCN(C)C)c(C)c1N. The number of unbranched alkanes of at least 4 members (excludes halogenated alkanes) is 1. The Bertz CT molecular complexity index is 595. The number of nitrogen functional groups attached to an aromatic ring is 1. The third-order valence-corrected chi connectivity index (χ3v) is 5.30. The molecule has 0 radical (unpaired) electrons. The van der Waals surface area contributed by atoms with Gasteiger partial charge in [0.1, 0.15) is 0 Å². The third-order valence-electron chi connectivity index (χ3n) is 3.55. The van der Waals surface area contributed by atoms with E-state index in [0.29, 0.717) is 22.7 Å². The minimum atomic E-state index is -3.51. The van der Waals surface area contributed by atoms with Crippen LogP contribution in [0.25, 0.3) is 0 Å². The minimum absolute atomic E-state index is 0.318. The zero-order valence-corrected chi connectivity index (χ0v) is 14.5. The van der Waals surface area contributed by atoms with E-state index in [1.54, 1.807) is 13.8 Å². The summed E-state index contributed by atoms with van der Waals surface area (Å²) >= 11 is 0. The molecule has 0 aromatic heterocycles. The predicted octanol–water partition coefficient (Wildman–Crippen LogP) is 1.81. The standard InChI is InChI=1S/C15H27N3O2S/c1-11-10-12(2)15(13(3)14(11)16)21(19,20)17-8-6-7-9-18(4)5/h10,17H,6-9,16H2,1-5H3. The van der Waals surface area contributed by atoms with E-state index in [1.807, 2.05) is 27.1 Å². The van der Waals surface area contributed by atoms with Gasteiger partial charge >= 0.3 is 0 Å². The predicted molar refractivity (Wildman–Crippen MR) is 88.0 cm³/mol. The molecule has 6 heteroatoms. The highest BCUT2D eigenvalue weighted by Crippen LogP contribution is 2.27. The molecule has 0 saturated heterocycles. The van der Waals surface area contributed by atoms with Gasteiger partial charge < -0.3 is 10.6 Å². The van der Waals surface area contributed by atoms with Gasteiger partial charge in [0.15, 0.2) is 0 Å². The molecule has 5 nitrogen and oxygen atoms in total. The van der Waals surface area contributed by atoms with Gasteiger partial charge in [-0.3, -0.25) is 0 Å². The summed E-state index contributed by atoms with van der Waals surface area (Å²) in [7, 11) is 0.507. The second kappa shape index (κ2) is 7.24. The summed E-state index contributed by atoms with van der Waals surface area (Å²) in [4.78, 5) is 2.40. The van der Waals surface area contributed by atoms with Crippen molar-refractivity contribution in [1.29, 1.82) is 0 Å². The lowest BCUT2D eigenvalue weighted by atomic mass is 10.1. The van der Waals surface area contributed by atoms with Crippen LogP contribution in [0.5, 0.6) is 0 Å². The van der Waals surface area contributed by atoms with Crippen molar-refractivity contribution in [2.75, 3.05) is 32.9 Å². The van der Waals surface area contributed by atoms with Gasteiger partial charge in [0, 0.05) is 12.2 Å². The van der Waals surface area contributed by atoms with Crippen molar-refractivity contribution in [3.05, 3.63) is 22.8 Å². The van der Waals surface area contributed by atoms with E-state index in [2.05, 4.69) is 9.62 Å². The molecule has 120 valence electrons. The molecule has 1 aromatic rings. The van der Waals surface area contributed by atoms with Crippen LogP contribution >= 0.6 is 0 Å². The molecule has 1 rings (SSSR count). The van der Waals surface area contributed by atoms with Crippen LogP contribution in [0.1, 0.15) is 29.5 Å². The quantitative estimate of drug-likeness (QED) is 0.595. The Morgan fingerprint density at radius 3 is 2.33 bits per heavy atom. The van der Waals surface area contributed by atoms with Crippen LogP contribution in [0, 0.1) is 20.8 Å². The fourth-order valence-corrected chi connectivity index (χ4v) is 3.98. The lowest BCUT2D eigenvalue weighted by Gasteiger charge is -2.16. The van der Waals surface area contributed by atoms with E-state index in [9.17, 15) is 8.42 Å². The molecule has 0 saturated carbocycles. The average molecular weight is 313 g/mol. The summed E-state index contributed by atoms with van der Waals surface area (Å²) in [5, 5.41) is 0. The zero-order valence-electron chi connectivity index (χ0n) is 13.7. The monoisotopic (exact) mass is 313 g/mol. The third kappa shape index (κ3) is 4.69. The molecule has 3 N–H and O–H groups in total. The molecule has 0 aliphatic heterocycles. The molecule has 21 heavy (non-hydrogen) atoms. The van der Waals surface area contributed by atoms with Crippen LogP contribution in [0.3, 0.4) is 0 Å². The maximum absolute atomic E-state index is 12.5. The Hall–Kier alpha value is -1.11. The number of nitrogens with zero attached hydrogens (tertiary/aromatic N) is 1. The second-order valence-corrected chi connectivity index (χ2v) is 7.49. The Morgan fingerprint density at radius 1 is 1.14 bits per heavy atom. The molecule has 0 spiro atoms. The van der Waals surface area contributed by atoms with Crippen LogP contribution in [0.15, 0.2) is 11.0 Å². The number of hydrogen-bond acceptors (Lipinski definition) is 4. The highest BCUT2D eigenvalue weighted by Gasteiger charge is 2.21. The van der Waals surface area contributed by atoms with Crippen LogP contribution in [0.2, 0.25) is 0 Å². The summed E-state index contributed by atoms with van der Waals surface area (Å²) in [5.74, 6) is 0. The van der Waals surface area contributed by atoms with Crippen molar-refractivity contribution in [1.82, 2.24) is 9.62 Å². The first kappa shape index (κ1) is 17.9. The maximum atomic E-state index is 12.5. The zero-order chi connectivity index (χ0) is 16.2. The topological polar surface area (TPSA) is 75.4 Å². The van der Waals surface area contributed by atoms with Crippen molar-refractivity contribution >= 4 is 15.7 Å². The van der Waals surface area contributed by atoms with Gasteiger partial charge in [-0.2, -0.15) is 0 Å². The molecule has 0 fully saturated rings. The average Bonchev–Trinajstić information content (AvgIpc) is 2.34.